The molecular weight excluding hydrogens is 264 g/mol. The van der Waals surface area contributed by atoms with Gasteiger partial charge in [0.25, 0.3) is 11.8 Å². The van der Waals surface area contributed by atoms with Gasteiger partial charge in [-0.05, 0) is 18.2 Å². The first-order chi connectivity index (χ1) is 9.47. The van der Waals surface area contributed by atoms with Gasteiger partial charge in [0, 0.05) is 12.1 Å². The topological polar surface area (TPSA) is 105 Å². The second-order valence-electron chi connectivity index (χ2n) is 4.50. The fourth-order valence-electron chi connectivity index (χ4n) is 1.66. The lowest BCUT2D eigenvalue weighted by atomic mass is 10.1. The maximum atomic E-state index is 11.9. The van der Waals surface area contributed by atoms with E-state index in [9.17, 15) is 14.4 Å². The average Bonchev–Trinajstić information content (AvgIpc) is 2.43. The van der Waals surface area contributed by atoms with Crippen molar-refractivity contribution in [3.63, 3.8) is 0 Å². The Bertz CT molecular complexity index is 570. The third-order valence-corrected chi connectivity index (χ3v) is 2.86. The number of hydrogen-bond donors (Lipinski definition) is 3. The first-order valence-electron chi connectivity index (χ1n) is 6.05. The third kappa shape index (κ3) is 3.05. The van der Waals surface area contributed by atoms with Gasteiger partial charge in [-0.15, -0.1) is 0 Å². The molecule has 1 aromatic rings. The first kappa shape index (κ1) is 13.9. The summed E-state index contributed by atoms with van der Waals surface area (Å²) in [5, 5.41) is 13.9. The molecule has 1 heterocycles. The Morgan fingerprint density at radius 3 is 2.95 bits per heavy atom. The van der Waals surface area contributed by atoms with Crippen molar-refractivity contribution in [2.24, 2.45) is 5.92 Å². The van der Waals surface area contributed by atoms with Crippen LogP contribution in [0.15, 0.2) is 18.2 Å². The Labute approximate surface area is 114 Å². The van der Waals surface area contributed by atoms with Gasteiger partial charge >= 0.3 is 5.97 Å². The SMILES string of the molecule is CC(CNC(=O)c1ccc2c(c1)NC(=O)CO2)C(=O)O. The van der Waals surface area contributed by atoms with Crippen LogP contribution in [-0.4, -0.2) is 36.0 Å². The largest absolute Gasteiger partial charge is 0.482 e. The maximum Gasteiger partial charge on any atom is 0.308 e. The number of carbonyl (C=O) groups is 3. The standard InChI is InChI=1S/C13H14N2O5/c1-7(13(18)19)5-14-12(17)8-2-3-10-9(4-8)15-11(16)6-20-10/h2-4,7H,5-6H2,1H3,(H,14,17)(H,15,16)(H,18,19). The molecule has 2 amide bonds. The molecule has 1 aromatic carbocycles. The minimum absolute atomic E-state index is 0.0358. The molecule has 0 aromatic heterocycles. The second-order valence-corrected chi connectivity index (χ2v) is 4.50. The van der Waals surface area contributed by atoms with Crippen LogP contribution < -0.4 is 15.4 Å². The van der Waals surface area contributed by atoms with Crippen LogP contribution in [-0.2, 0) is 9.59 Å². The molecule has 0 fully saturated rings. The normalized spacial score (nSPS) is 14.6. The molecule has 0 spiro atoms. The van der Waals surface area contributed by atoms with E-state index in [4.69, 9.17) is 9.84 Å². The lowest BCUT2D eigenvalue weighted by Crippen LogP contribution is -2.31. The molecule has 3 N–H and O–H groups in total. The minimum Gasteiger partial charge on any atom is -0.482 e. The van der Waals surface area contributed by atoms with Crippen LogP contribution in [0, 0.1) is 5.92 Å². The summed E-state index contributed by atoms with van der Waals surface area (Å²) in [6.07, 6.45) is 0. The molecule has 0 aliphatic carbocycles. The van der Waals surface area contributed by atoms with Gasteiger partial charge < -0.3 is 20.5 Å². The smallest absolute Gasteiger partial charge is 0.308 e. The molecule has 106 valence electrons. The van der Waals surface area contributed by atoms with Crippen LogP contribution in [0.5, 0.6) is 5.75 Å². The van der Waals surface area contributed by atoms with Crippen molar-refractivity contribution in [1.82, 2.24) is 5.32 Å². The number of fused-ring (bicyclic) bond motifs is 1. The summed E-state index contributed by atoms with van der Waals surface area (Å²) < 4.78 is 5.18. The van der Waals surface area contributed by atoms with E-state index >= 15 is 0 Å². The Kier molecular flexibility index (Phi) is 3.88. The molecule has 1 atom stereocenters. The predicted molar refractivity (Wildman–Crippen MR) is 69.7 cm³/mol. The minimum atomic E-state index is -0.976. The average molecular weight is 278 g/mol. The molecule has 0 saturated heterocycles. The molecule has 1 unspecified atom stereocenters. The maximum absolute atomic E-state index is 11.9. The quantitative estimate of drug-likeness (QED) is 0.742. The molecule has 2 rings (SSSR count). The van der Waals surface area contributed by atoms with E-state index in [1.807, 2.05) is 0 Å². The van der Waals surface area contributed by atoms with Crippen molar-refractivity contribution in [1.29, 1.82) is 0 Å². The summed E-state index contributed by atoms with van der Waals surface area (Å²) in [5.41, 5.74) is 0.757. The van der Waals surface area contributed by atoms with Crippen LogP contribution in [0.4, 0.5) is 5.69 Å². The predicted octanol–water partition coefficient (Wildman–Crippen LogP) is 0.468. The summed E-state index contributed by atoms with van der Waals surface area (Å²) in [5.74, 6) is -1.83. The van der Waals surface area contributed by atoms with Gasteiger partial charge in [0.05, 0.1) is 11.6 Å². The van der Waals surface area contributed by atoms with Crippen molar-refractivity contribution in [3.8, 4) is 5.75 Å². The van der Waals surface area contributed by atoms with Crippen molar-refractivity contribution < 1.29 is 24.2 Å². The Balaban J connectivity index is 2.05. The summed E-state index contributed by atoms with van der Waals surface area (Å²) in [6.45, 7) is 1.49. The van der Waals surface area contributed by atoms with Crippen LogP contribution in [0.1, 0.15) is 17.3 Å². The van der Waals surface area contributed by atoms with E-state index in [1.165, 1.54) is 13.0 Å². The highest BCUT2D eigenvalue weighted by Gasteiger charge is 2.18. The Morgan fingerprint density at radius 1 is 1.50 bits per heavy atom. The number of aliphatic carboxylic acids is 1. The molecule has 20 heavy (non-hydrogen) atoms. The lowest BCUT2D eigenvalue weighted by molar-refractivity contribution is -0.140. The van der Waals surface area contributed by atoms with Crippen LogP contribution >= 0.6 is 0 Å². The van der Waals surface area contributed by atoms with Crippen molar-refractivity contribution >= 4 is 23.5 Å². The summed E-state index contributed by atoms with van der Waals surface area (Å²) in [4.78, 5) is 33.7. The molecule has 7 nitrogen and oxygen atoms in total. The van der Waals surface area contributed by atoms with E-state index in [-0.39, 0.29) is 19.1 Å². The number of carbonyl (C=O) groups excluding carboxylic acids is 2. The third-order valence-electron chi connectivity index (χ3n) is 2.86. The van der Waals surface area contributed by atoms with Gasteiger partial charge in [0.2, 0.25) is 0 Å². The van der Waals surface area contributed by atoms with Gasteiger partial charge in [-0.1, -0.05) is 6.92 Å². The zero-order valence-corrected chi connectivity index (χ0v) is 10.8. The molecular formula is C13H14N2O5. The van der Waals surface area contributed by atoms with E-state index in [2.05, 4.69) is 10.6 Å². The van der Waals surface area contributed by atoms with E-state index in [0.717, 1.165) is 0 Å². The number of amides is 2. The fraction of sp³-hybridized carbons (Fsp3) is 0.308. The summed E-state index contributed by atoms with van der Waals surface area (Å²) in [7, 11) is 0. The second kappa shape index (κ2) is 5.60. The lowest BCUT2D eigenvalue weighted by Gasteiger charge is -2.18. The first-order valence-corrected chi connectivity index (χ1v) is 6.05. The zero-order chi connectivity index (χ0) is 14.7. The van der Waals surface area contributed by atoms with Gasteiger partial charge in [-0.3, -0.25) is 14.4 Å². The number of nitrogens with one attached hydrogen (secondary N) is 2. The van der Waals surface area contributed by atoms with Crippen LogP contribution in [0.3, 0.4) is 0 Å². The van der Waals surface area contributed by atoms with E-state index in [1.54, 1.807) is 12.1 Å². The molecule has 0 radical (unpaired) electrons. The van der Waals surface area contributed by atoms with Gasteiger partial charge in [-0.2, -0.15) is 0 Å². The Morgan fingerprint density at radius 2 is 2.25 bits per heavy atom. The van der Waals surface area contributed by atoms with Crippen LogP contribution in [0.25, 0.3) is 0 Å². The number of hydrogen-bond acceptors (Lipinski definition) is 4. The van der Waals surface area contributed by atoms with Gasteiger partial charge in [0.15, 0.2) is 6.61 Å². The van der Waals surface area contributed by atoms with Crippen LogP contribution in [0.2, 0.25) is 0 Å². The molecule has 0 saturated carbocycles. The number of rotatable bonds is 4. The number of carboxylic acid groups (broad SMARTS) is 1. The molecule has 1 aliphatic heterocycles. The highest BCUT2D eigenvalue weighted by Crippen LogP contribution is 2.28. The number of anilines is 1. The van der Waals surface area contributed by atoms with E-state index < -0.39 is 17.8 Å². The van der Waals surface area contributed by atoms with Crippen molar-refractivity contribution in [3.05, 3.63) is 23.8 Å². The fourth-order valence-corrected chi connectivity index (χ4v) is 1.66. The van der Waals surface area contributed by atoms with Gasteiger partial charge in [0.1, 0.15) is 5.75 Å². The highest BCUT2D eigenvalue weighted by molar-refractivity contribution is 5.99. The summed E-state index contributed by atoms with van der Waals surface area (Å²) >= 11 is 0. The molecule has 7 heteroatoms. The number of carboxylic acids is 1. The number of benzene rings is 1. The van der Waals surface area contributed by atoms with Gasteiger partial charge in [-0.25, -0.2) is 0 Å². The summed E-state index contributed by atoms with van der Waals surface area (Å²) in [6, 6.07) is 4.63. The molecule has 0 bridgehead atoms. The monoisotopic (exact) mass is 278 g/mol. The number of ether oxygens (including phenoxy) is 1. The van der Waals surface area contributed by atoms with Crippen molar-refractivity contribution in [2.45, 2.75) is 6.92 Å². The van der Waals surface area contributed by atoms with E-state index in [0.29, 0.717) is 17.0 Å². The zero-order valence-electron chi connectivity index (χ0n) is 10.8. The van der Waals surface area contributed by atoms with Crippen molar-refractivity contribution in [2.75, 3.05) is 18.5 Å². The molecule has 1 aliphatic rings. The Hall–Kier alpha value is -2.57. The highest BCUT2D eigenvalue weighted by atomic mass is 16.5.